The Hall–Kier alpha value is -1.19. The molecule has 0 amide bonds. The number of aromatic nitrogens is 1. The van der Waals surface area contributed by atoms with Gasteiger partial charge >= 0.3 is 0 Å². The molecule has 0 aliphatic heterocycles. The van der Waals surface area contributed by atoms with E-state index in [4.69, 9.17) is 4.98 Å². The molecule has 0 atom stereocenters. The second-order valence-electron chi connectivity index (χ2n) is 6.39. The number of nitrogens with zero attached hydrogens (tertiary/aromatic N) is 1. The van der Waals surface area contributed by atoms with Crippen molar-refractivity contribution in [2.24, 2.45) is 0 Å². The van der Waals surface area contributed by atoms with Crippen LogP contribution in [0.15, 0.2) is 29.6 Å². The van der Waals surface area contributed by atoms with Crippen molar-refractivity contribution in [3.05, 3.63) is 40.2 Å². The van der Waals surface area contributed by atoms with Crippen LogP contribution in [-0.4, -0.2) is 17.6 Å². The van der Waals surface area contributed by atoms with E-state index < -0.39 is 0 Å². The van der Waals surface area contributed by atoms with Crippen molar-refractivity contribution in [1.29, 1.82) is 0 Å². The van der Waals surface area contributed by atoms with Crippen molar-refractivity contribution in [3.8, 4) is 11.3 Å². The zero-order valence-corrected chi connectivity index (χ0v) is 14.3. The molecule has 1 N–H and O–H groups in total. The summed E-state index contributed by atoms with van der Waals surface area (Å²) >= 11 is 1.79. The molecular formula is C19H26N2S. The van der Waals surface area contributed by atoms with Crippen LogP contribution in [-0.2, 0) is 6.42 Å². The molecule has 118 valence electrons. The number of nitrogens with one attached hydrogen (secondary N) is 1. The molecule has 0 bridgehead atoms. The van der Waals surface area contributed by atoms with E-state index >= 15 is 0 Å². The zero-order chi connectivity index (χ0) is 15.2. The first-order chi connectivity index (χ1) is 10.8. The molecule has 2 aromatic rings. The average Bonchev–Trinajstić information content (AvgIpc) is 2.84. The Morgan fingerprint density at radius 3 is 2.55 bits per heavy atom. The summed E-state index contributed by atoms with van der Waals surface area (Å²) in [6.45, 7) is 3.18. The Balaban J connectivity index is 1.50. The standard InChI is InChI=1S/C19H26N2S/c1-15-8-10-16(11-9-15)18-14-22-19(21-18)12-13-20-17-6-4-2-3-5-7-17/h8-11,14,17,20H,2-7,12-13H2,1H3. The fraction of sp³-hybridized carbons (Fsp3) is 0.526. The van der Waals surface area contributed by atoms with Gasteiger partial charge in [-0.15, -0.1) is 11.3 Å². The summed E-state index contributed by atoms with van der Waals surface area (Å²) in [6, 6.07) is 9.37. The lowest BCUT2D eigenvalue weighted by atomic mass is 10.1. The van der Waals surface area contributed by atoms with Crippen molar-refractivity contribution in [3.63, 3.8) is 0 Å². The Bertz CT molecular complexity index is 565. The number of rotatable bonds is 5. The van der Waals surface area contributed by atoms with E-state index in [0.717, 1.165) is 24.7 Å². The fourth-order valence-electron chi connectivity index (χ4n) is 3.15. The predicted octanol–water partition coefficient (Wildman–Crippen LogP) is 4.97. The topological polar surface area (TPSA) is 24.9 Å². The van der Waals surface area contributed by atoms with Gasteiger partial charge < -0.3 is 5.32 Å². The highest BCUT2D eigenvalue weighted by Gasteiger charge is 2.11. The van der Waals surface area contributed by atoms with E-state index in [-0.39, 0.29) is 0 Å². The monoisotopic (exact) mass is 314 g/mol. The number of hydrogen-bond donors (Lipinski definition) is 1. The van der Waals surface area contributed by atoms with E-state index in [1.54, 1.807) is 11.3 Å². The number of thiazole rings is 1. The van der Waals surface area contributed by atoms with Gasteiger partial charge in [-0.2, -0.15) is 0 Å². The van der Waals surface area contributed by atoms with Gasteiger partial charge in [-0.25, -0.2) is 4.98 Å². The maximum absolute atomic E-state index is 4.79. The van der Waals surface area contributed by atoms with Gasteiger partial charge in [0.05, 0.1) is 10.7 Å². The Morgan fingerprint density at radius 2 is 1.82 bits per heavy atom. The summed E-state index contributed by atoms with van der Waals surface area (Å²) in [5, 5.41) is 7.17. The first-order valence-corrected chi connectivity index (χ1v) is 9.44. The van der Waals surface area contributed by atoms with Crippen molar-refractivity contribution >= 4 is 11.3 Å². The van der Waals surface area contributed by atoms with E-state index in [1.165, 1.54) is 54.7 Å². The van der Waals surface area contributed by atoms with Crippen LogP contribution in [0.5, 0.6) is 0 Å². The van der Waals surface area contributed by atoms with Gasteiger partial charge in [0.25, 0.3) is 0 Å². The molecule has 3 heteroatoms. The molecule has 2 nitrogen and oxygen atoms in total. The molecule has 1 aliphatic rings. The van der Waals surface area contributed by atoms with Crippen LogP contribution >= 0.6 is 11.3 Å². The Kier molecular flexibility index (Phi) is 5.63. The van der Waals surface area contributed by atoms with Gasteiger partial charge in [-0.1, -0.05) is 55.5 Å². The van der Waals surface area contributed by atoms with Crippen molar-refractivity contribution in [1.82, 2.24) is 10.3 Å². The summed E-state index contributed by atoms with van der Waals surface area (Å²) < 4.78 is 0. The van der Waals surface area contributed by atoms with Crippen molar-refractivity contribution in [2.45, 2.75) is 57.9 Å². The van der Waals surface area contributed by atoms with Crippen LogP contribution in [0.2, 0.25) is 0 Å². The Morgan fingerprint density at radius 1 is 1.09 bits per heavy atom. The quantitative estimate of drug-likeness (QED) is 0.788. The van der Waals surface area contributed by atoms with Crippen LogP contribution < -0.4 is 5.32 Å². The molecule has 1 aliphatic carbocycles. The van der Waals surface area contributed by atoms with Gasteiger partial charge in [-0.05, 0) is 19.8 Å². The van der Waals surface area contributed by atoms with Crippen LogP contribution in [0.3, 0.4) is 0 Å². The second-order valence-corrected chi connectivity index (χ2v) is 7.33. The molecule has 0 saturated heterocycles. The summed E-state index contributed by atoms with van der Waals surface area (Å²) in [7, 11) is 0. The van der Waals surface area contributed by atoms with E-state index in [9.17, 15) is 0 Å². The van der Waals surface area contributed by atoms with E-state index in [1.807, 2.05) is 0 Å². The third kappa shape index (κ3) is 4.40. The highest BCUT2D eigenvalue weighted by molar-refractivity contribution is 7.09. The summed E-state index contributed by atoms with van der Waals surface area (Å²) in [6.07, 6.45) is 9.39. The minimum absolute atomic E-state index is 0.735. The molecule has 1 saturated carbocycles. The Labute approximate surface area is 138 Å². The minimum atomic E-state index is 0.735. The molecule has 3 rings (SSSR count). The minimum Gasteiger partial charge on any atom is -0.314 e. The average molecular weight is 314 g/mol. The molecule has 1 aromatic carbocycles. The van der Waals surface area contributed by atoms with Gasteiger partial charge in [-0.3, -0.25) is 0 Å². The first kappa shape index (κ1) is 15.7. The maximum Gasteiger partial charge on any atom is 0.0945 e. The van der Waals surface area contributed by atoms with Crippen molar-refractivity contribution in [2.75, 3.05) is 6.54 Å². The normalized spacial score (nSPS) is 16.6. The predicted molar refractivity (Wildman–Crippen MR) is 95.5 cm³/mol. The molecule has 0 spiro atoms. The van der Waals surface area contributed by atoms with Gasteiger partial charge in [0.1, 0.15) is 0 Å². The lowest BCUT2D eigenvalue weighted by Crippen LogP contribution is -2.30. The summed E-state index contributed by atoms with van der Waals surface area (Å²) in [5.74, 6) is 0. The van der Waals surface area contributed by atoms with Gasteiger partial charge in [0, 0.05) is 30.0 Å². The number of hydrogen-bond acceptors (Lipinski definition) is 3. The molecular weight excluding hydrogens is 288 g/mol. The SMILES string of the molecule is Cc1ccc(-c2csc(CCNC3CCCCCC3)n2)cc1. The lowest BCUT2D eigenvalue weighted by molar-refractivity contribution is 0.463. The molecule has 0 radical (unpaired) electrons. The van der Waals surface area contributed by atoms with Gasteiger partial charge in [0.2, 0.25) is 0 Å². The lowest BCUT2D eigenvalue weighted by Gasteiger charge is -2.15. The summed E-state index contributed by atoms with van der Waals surface area (Å²) in [4.78, 5) is 4.79. The molecule has 1 aromatic heterocycles. The second kappa shape index (κ2) is 7.89. The van der Waals surface area contributed by atoms with Crippen molar-refractivity contribution < 1.29 is 0 Å². The third-order valence-electron chi connectivity index (χ3n) is 4.53. The van der Waals surface area contributed by atoms with E-state index in [2.05, 4.69) is 41.9 Å². The van der Waals surface area contributed by atoms with Crippen LogP contribution in [0.4, 0.5) is 0 Å². The zero-order valence-electron chi connectivity index (χ0n) is 13.5. The maximum atomic E-state index is 4.79. The largest absolute Gasteiger partial charge is 0.314 e. The van der Waals surface area contributed by atoms with Crippen LogP contribution in [0.25, 0.3) is 11.3 Å². The molecule has 22 heavy (non-hydrogen) atoms. The molecule has 1 fully saturated rings. The molecule has 0 unspecified atom stereocenters. The highest BCUT2D eigenvalue weighted by atomic mass is 32.1. The van der Waals surface area contributed by atoms with Gasteiger partial charge in [0.15, 0.2) is 0 Å². The third-order valence-corrected chi connectivity index (χ3v) is 5.43. The first-order valence-electron chi connectivity index (χ1n) is 8.56. The number of benzene rings is 1. The van der Waals surface area contributed by atoms with Crippen LogP contribution in [0, 0.1) is 6.92 Å². The molecule has 1 heterocycles. The fourth-order valence-corrected chi connectivity index (χ4v) is 3.96. The summed E-state index contributed by atoms with van der Waals surface area (Å²) in [5.41, 5.74) is 3.64. The smallest absolute Gasteiger partial charge is 0.0945 e. The van der Waals surface area contributed by atoms with Crippen LogP contribution in [0.1, 0.15) is 49.1 Å². The van der Waals surface area contributed by atoms with E-state index in [0.29, 0.717) is 0 Å². The number of aryl methyl sites for hydroxylation is 1. The highest BCUT2D eigenvalue weighted by Crippen LogP contribution is 2.22.